The maximum absolute atomic E-state index is 6.44. The number of nitrogens with zero attached hydrogens (tertiary/aromatic N) is 6. The van der Waals surface area contributed by atoms with Crippen LogP contribution in [-0.4, -0.2) is 42.3 Å². The Bertz CT molecular complexity index is 1370. The van der Waals surface area contributed by atoms with Crippen molar-refractivity contribution in [1.82, 2.24) is 29.7 Å². The maximum Gasteiger partial charge on any atom is 0.162 e. The summed E-state index contributed by atoms with van der Waals surface area (Å²) >= 11 is 0. The highest BCUT2D eigenvalue weighted by Crippen LogP contribution is 2.30. The average Bonchev–Trinajstić information content (AvgIpc) is 3.28. The standard InChI is InChI=1S/C25H24N8/c1-33-21(10-14-30-33)23-22-20(9-13-28-23)25(32-24(31-22)18-7-11-27-12-8-18)29-16-19(26)15-17-5-3-2-4-6-17/h2-14,19H,15-16,26H2,1H3,(H,29,31,32)/t19-/m1/s1. The number of nitrogens with two attached hydrogens (primary N) is 1. The summed E-state index contributed by atoms with van der Waals surface area (Å²) in [6, 6.07) is 17.8. The van der Waals surface area contributed by atoms with Crippen LogP contribution in [0.1, 0.15) is 5.56 Å². The fraction of sp³-hybridized carbons (Fsp3) is 0.160. The molecule has 0 bridgehead atoms. The minimum atomic E-state index is -0.0693. The second-order valence-corrected chi connectivity index (χ2v) is 7.86. The zero-order chi connectivity index (χ0) is 22.6. The second kappa shape index (κ2) is 9.13. The number of hydrogen-bond acceptors (Lipinski definition) is 7. The van der Waals surface area contributed by atoms with Crippen LogP contribution in [0.4, 0.5) is 5.82 Å². The Hall–Kier alpha value is -4.17. The van der Waals surface area contributed by atoms with Gasteiger partial charge in [0, 0.05) is 55.4 Å². The van der Waals surface area contributed by atoms with Gasteiger partial charge in [-0.2, -0.15) is 5.10 Å². The molecule has 8 heteroatoms. The molecule has 1 atom stereocenters. The zero-order valence-corrected chi connectivity index (χ0v) is 18.3. The lowest BCUT2D eigenvalue weighted by Crippen LogP contribution is -2.31. The summed E-state index contributed by atoms with van der Waals surface area (Å²) in [7, 11) is 1.89. The van der Waals surface area contributed by atoms with Gasteiger partial charge in [0.15, 0.2) is 5.82 Å². The van der Waals surface area contributed by atoms with E-state index >= 15 is 0 Å². The molecule has 0 unspecified atom stereocenters. The predicted octanol–water partition coefficient (Wildman–Crippen LogP) is 3.47. The third kappa shape index (κ3) is 4.42. The van der Waals surface area contributed by atoms with Gasteiger partial charge in [0.2, 0.25) is 0 Å². The molecule has 33 heavy (non-hydrogen) atoms. The lowest BCUT2D eigenvalue weighted by atomic mass is 10.1. The first-order valence-electron chi connectivity index (χ1n) is 10.8. The summed E-state index contributed by atoms with van der Waals surface area (Å²) in [5, 5.41) is 8.64. The van der Waals surface area contributed by atoms with Gasteiger partial charge in [-0.15, -0.1) is 0 Å². The molecule has 8 nitrogen and oxygen atoms in total. The van der Waals surface area contributed by atoms with Gasteiger partial charge < -0.3 is 11.1 Å². The van der Waals surface area contributed by atoms with Gasteiger partial charge in [-0.1, -0.05) is 30.3 Å². The van der Waals surface area contributed by atoms with E-state index in [9.17, 15) is 0 Å². The molecule has 0 aliphatic heterocycles. The highest BCUT2D eigenvalue weighted by atomic mass is 15.3. The number of aromatic nitrogens is 6. The van der Waals surface area contributed by atoms with E-state index in [1.54, 1.807) is 29.5 Å². The van der Waals surface area contributed by atoms with E-state index in [2.05, 4.69) is 32.5 Å². The summed E-state index contributed by atoms with van der Waals surface area (Å²) in [6.07, 6.45) is 7.77. The zero-order valence-electron chi connectivity index (χ0n) is 18.3. The monoisotopic (exact) mass is 436 g/mol. The van der Waals surface area contributed by atoms with Crippen LogP contribution >= 0.6 is 0 Å². The van der Waals surface area contributed by atoms with E-state index in [0.29, 0.717) is 12.4 Å². The van der Waals surface area contributed by atoms with Gasteiger partial charge in [-0.3, -0.25) is 14.6 Å². The van der Waals surface area contributed by atoms with E-state index in [1.807, 2.05) is 49.5 Å². The van der Waals surface area contributed by atoms with E-state index in [0.717, 1.165) is 40.1 Å². The number of hydrogen-bond donors (Lipinski definition) is 2. The van der Waals surface area contributed by atoms with Crippen molar-refractivity contribution in [3.8, 4) is 22.8 Å². The molecule has 0 amide bonds. The quantitative estimate of drug-likeness (QED) is 0.402. The average molecular weight is 437 g/mol. The van der Waals surface area contributed by atoms with Crippen molar-refractivity contribution in [2.45, 2.75) is 12.5 Å². The largest absolute Gasteiger partial charge is 0.368 e. The smallest absolute Gasteiger partial charge is 0.162 e. The molecule has 5 rings (SSSR count). The second-order valence-electron chi connectivity index (χ2n) is 7.86. The maximum atomic E-state index is 6.44. The van der Waals surface area contributed by atoms with E-state index in [-0.39, 0.29) is 6.04 Å². The molecule has 0 aliphatic carbocycles. The molecule has 1 aromatic carbocycles. The van der Waals surface area contributed by atoms with Crippen molar-refractivity contribution in [2.75, 3.05) is 11.9 Å². The molecule has 0 aliphatic rings. The molecule has 3 N–H and O–H groups in total. The van der Waals surface area contributed by atoms with Gasteiger partial charge in [0.05, 0.1) is 5.69 Å². The topological polar surface area (TPSA) is 107 Å². The van der Waals surface area contributed by atoms with Crippen molar-refractivity contribution in [1.29, 1.82) is 0 Å². The van der Waals surface area contributed by atoms with Gasteiger partial charge in [-0.05, 0) is 36.2 Å². The van der Waals surface area contributed by atoms with Crippen LogP contribution in [0.15, 0.2) is 79.4 Å². The van der Waals surface area contributed by atoms with E-state index in [4.69, 9.17) is 15.7 Å². The van der Waals surface area contributed by atoms with Crippen LogP contribution in [-0.2, 0) is 13.5 Å². The Morgan fingerprint density at radius 1 is 0.939 bits per heavy atom. The number of aryl methyl sites for hydroxylation is 1. The first kappa shape index (κ1) is 20.7. The van der Waals surface area contributed by atoms with Crippen LogP contribution in [0.2, 0.25) is 0 Å². The lowest BCUT2D eigenvalue weighted by Gasteiger charge is -2.16. The molecule has 0 fully saturated rings. The molecule has 0 radical (unpaired) electrons. The highest BCUT2D eigenvalue weighted by Gasteiger charge is 2.17. The molecule has 4 heterocycles. The Labute approximate surface area is 191 Å². The first-order valence-corrected chi connectivity index (χ1v) is 10.8. The van der Waals surface area contributed by atoms with Crippen LogP contribution < -0.4 is 11.1 Å². The fourth-order valence-corrected chi connectivity index (χ4v) is 3.83. The summed E-state index contributed by atoms with van der Waals surface area (Å²) < 4.78 is 1.79. The van der Waals surface area contributed by atoms with Crippen LogP contribution in [0.25, 0.3) is 33.7 Å². The predicted molar refractivity (Wildman–Crippen MR) is 129 cm³/mol. The minimum absolute atomic E-state index is 0.0693. The highest BCUT2D eigenvalue weighted by molar-refractivity contribution is 5.98. The molecule has 0 saturated heterocycles. The summed E-state index contributed by atoms with van der Waals surface area (Å²) in [4.78, 5) is 18.5. The van der Waals surface area contributed by atoms with Crippen molar-refractivity contribution >= 4 is 16.7 Å². The van der Waals surface area contributed by atoms with Gasteiger partial charge >= 0.3 is 0 Å². The minimum Gasteiger partial charge on any atom is -0.368 e. The number of anilines is 1. The summed E-state index contributed by atoms with van der Waals surface area (Å²) in [5.74, 6) is 1.32. The van der Waals surface area contributed by atoms with Gasteiger partial charge in [0.25, 0.3) is 0 Å². The van der Waals surface area contributed by atoms with Gasteiger partial charge in [0.1, 0.15) is 17.0 Å². The van der Waals surface area contributed by atoms with Crippen molar-refractivity contribution in [2.24, 2.45) is 12.8 Å². The Balaban J connectivity index is 1.54. The molecular weight excluding hydrogens is 412 g/mol. The number of pyridine rings is 2. The number of fused-ring (bicyclic) bond motifs is 1. The molecule has 5 aromatic rings. The van der Waals surface area contributed by atoms with Crippen molar-refractivity contribution < 1.29 is 0 Å². The number of rotatable bonds is 7. The number of benzene rings is 1. The van der Waals surface area contributed by atoms with Crippen LogP contribution in [0.5, 0.6) is 0 Å². The van der Waals surface area contributed by atoms with Crippen LogP contribution in [0, 0.1) is 0 Å². The molecule has 4 aromatic heterocycles. The van der Waals surface area contributed by atoms with Crippen LogP contribution in [0.3, 0.4) is 0 Å². The molecule has 164 valence electrons. The van der Waals surface area contributed by atoms with Gasteiger partial charge in [-0.25, -0.2) is 9.97 Å². The third-order valence-electron chi connectivity index (χ3n) is 5.49. The summed E-state index contributed by atoms with van der Waals surface area (Å²) in [5.41, 5.74) is 10.9. The molecular formula is C25H24N8. The normalized spacial score (nSPS) is 12.1. The third-order valence-corrected chi connectivity index (χ3v) is 5.49. The molecule has 0 spiro atoms. The lowest BCUT2D eigenvalue weighted by molar-refractivity contribution is 0.698. The Kier molecular flexibility index (Phi) is 5.73. The van der Waals surface area contributed by atoms with Crippen molar-refractivity contribution in [3.63, 3.8) is 0 Å². The fourth-order valence-electron chi connectivity index (χ4n) is 3.83. The SMILES string of the molecule is Cn1nccc1-c1nccc2c(NC[C@H](N)Cc3ccccc3)nc(-c3ccncc3)nc12. The summed E-state index contributed by atoms with van der Waals surface area (Å²) in [6.45, 7) is 0.570. The van der Waals surface area contributed by atoms with Crippen molar-refractivity contribution in [3.05, 3.63) is 84.9 Å². The Morgan fingerprint density at radius 3 is 2.52 bits per heavy atom. The van der Waals surface area contributed by atoms with E-state index in [1.165, 1.54) is 5.56 Å². The Morgan fingerprint density at radius 2 is 1.76 bits per heavy atom. The first-order chi connectivity index (χ1) is 16.2. The van der Waals surface area contributed by atoms with E-state index < -0.39 is 0 Å². The molecule has 0 saturated carbocycles. The number of nitrogens with one attached hydrogen (secondary N) is 1.